The summed E-state index contributed by atoms with van der Waals surface area (Å²) in [5.74, 6) is 0.250. The highest BCUT2D eigenvalue weighted by atomic mass is 16.2. The number of carbonyl (C=O) groups is 1. The number of anilines is 2. The number of aromatic nitrogens is 2. The van der Waals surface area contributed by atoms with Gasteiger partial charge in [0.2, 0.25) is 5.95 Å². The first-order chi connectivity index (χ1) is 12.5. The van der Waals surface area contributed by atoms with E-state index in [1.54, 1.807) is 0 Å². The second-order valence-electron chi connectivity index (χ2n) is 6.42. The Morgan fingerprint density at radius 2 is 1.81 bits per heavy atom. The maximum Gasteiger partial charge on any atom is 0.283 e. The molecule has 1 aliphatic rings. The van der Waals surface area contributed by atoms with E-state index >= 15 is 0 Å². The average Bonchev–Trinajstić information content (AvgIpc) is 3.18. The number of imidazole rings is 1. The van der Waals surface area contributed by atoms with Gasteiger partial charge in [0.15, 0.2) is 0 Å². The number of H-pyrrole nitrogens is 1. The van der Waals surface area contributed by atoms with Crippen LogP contribution in [0.5, 0.6) is 0 Å². The van der Waals surface area contributed by atoms with Gasteiger partial charge in [-0.2, -0.15) is 10.1 Å². The third kappa shape index (κ3) is 2.75. The molecule has 0 bridgehead atoms. The van der Waals surface area contributed by atoms with E-state index in [1.165, 1.54) is 5.01 Å². The molecule has 1 amide bonds. The number of amides is 1. The van der Waals surface area contributed by atoms with Crippen LogP contribution in [0.1, 0.15) is 12.5 Å². The zero-order valence-corrected chi connectivity index (χ0v) is 14.9. The minimum absolute atomic E-state index is 0.182. The zero-order chi connectivity index (χ0) is 18.3. The first kappa shape index (κ1) is 16.1. The van der Waals surface area contributed by atoms with Gasteiger partial charge in [0.05, 0.1) is 22.3 Å². The molecule has 0 radical (unpaired) electrons. The number of hydrogen-bond acceptors (Lipinski definition) is 4. The van der Waals surface area contributed by atoms with Gasteiger partial charge in [-0.25, -0.2) is 4.98 Å². The molecule has 0 atom stereocenters. The van der Waals surface area contributed by atoms with E-state index in [9.17, 15) is 4.79 Å². The average molecular weight is 345 g/mol. The van der Waals surface area contributed by atoms with E-state index in [0.717, 1.165) is 22.3 Å². The fourth-order valence-electron chi connectivity index (χ4n) is 2.90. The van der Waals surface area contributed by atoms with Crippen molar-refractivity contribution in [2.24, 2.45) is 5.10 Å². The molecule has 130 valence electrons. The minimum Gasteiger partial charge on any atom is -0.378 e. The maximum absolute atomic E-state index is 12.8. The molecule has 3 aromatic rings. The van der Waals surface area contributed by atoms with Gasteiger partial charge in [-0.15, -0.1) is 0 Å². The van der Waals surface area contributed by atoms with Crippen LogP contribution in [0.4, 0.5) is 11.6 Å². The summed E-state index contributed by atoms with van der Waals surface area (Å²) in [6, 6.07) is 15.7. The lowest BCUT2D eigenvalue weighted by atomic mass is 10.1. The van der Waals surface area contributed by atoms with Crippen LogP contribution in [-0.4, -0.2) is 35.7 Å². The number of benzene rings is 2. The van der Waals surface area contributed by atoms with Crippen molar-refractivity contribution in [1.82, 2.24) is 9.97 Å². The number of hydrogen-bond donors (Lipinski definition) is 1. The van der Waals surface area contributed by atoms with Gasteiger partial charge < -0.3 is 9.88 Å². The molecule has 1 N–H and O–H groups in total. The highest BCUT2D eigenvalue weighted by molar-refractivity contribution is 6.31. The van der Waals surface area contributed by atoms with Crippen LogP contribution < -0.4 is 9.91 Å². The van der Waals surface area contributed by atoms with Gasteiger partial charge in [-0.3, -0.25) is 4.79 Å². The van der Waals surface area contributed by atoms with E-state index in [1.807, 2.05) is 80.5 Å². The lowest BCUT2D eigenvalue weighted by Gasteiger charge is -2.12. The second kappa shape index (κ2) is 6.15. The first-order valence-corrected chi connectivity index (χ1v) is 8.37. The van der Waals surface area contributed by atoms with Crippen molar-refractivity contribution >= 4 is 40.4 Å². The summed E-state index contributed by atoms with van der Waals surface area (Å²) >= 11 is 0. The summed E-state index contributed by atoms with van der Waals surface area (Å²) in [6.45, 7) is 1.83. The number of aromatic amines is 1. The molecule has 26 heavy (non-hydrogen) atoms. The summed E-state index contributed by atoms with van der Waals surface area (Å²) in [6.07, 6.45) is 1.86. The smallest absolute Gasteiger partial charge is 0.283 e. The summed E-state index contributed by atoms with van der Waals surface area (Å²) in [5.41, 5.74) is 4.99. The molecular formula is C20H19N5O. The van der Waals surface area contributed by atoms with Crippen LogP contribution in [0.15, 0.2) is 59.2 Å². The van der Waals surface area contributed by atoms with Gasteiger partial charge in [0, 0.05) is 19.8 Å². The number of carbonyl (C=O) groups excluding carboxylic acids is 1. The largest absolute Gasteiger partial charge is 0.378 e. The molecule has 1 aliphatic heterocycles. The quantitative estimate of drug-likeness (QED) is 0.740. The molecule has 1 aromatic heterocycles. The molecule has 6 heteroatoms. The fraction of sp³-hybridized carbons (Fsp3) is 0.150. The number of fused-ring (bicyclic) bond motifs is 1. The van der Waals surface area contributed by atoms with Crippen molar-refractivity contribution in [3.8, 4) is 0 Å². The highest BCUT2D eigenvalue weighted by Gasteiger charge is 2.30. The Morgan fingerprint density at radius 1 is 1.08 bits per heavy atom. The van der Waals surface area contributed by atoms with Crippen molar-refractivity contribution in [2.75, 3.05) is 24.0 Å². The first-order valence-electron chi connectivity index (χ1n) is 8.37. The number of hydrazone groups is 1. The minimum atomic E-state index is -0.182. The number of rotatable bonds is 3. The molecule has 0 fully saturated rings. The molecule has 0 saturated carbocycles. The van der Waals surface area contributed by atoms with Crippen LogP contribution in [0.25, 0.3) is 17.1 Å². The Morgan fingerprint density at radius 3 is 2.50 bits per heavy atom. The Balaban J connectivity index is 1.65. The predicted octanol–water partition coefficient (Wildman–Crippen LogP) is 3.44. The SMILES string of the molecule is CC1=NN(c2nc3ccccc3[nH]2)C(=O)C1=Cc1ccc(N(C)C)cc1. The lowest BCUT2D eigenvalue weighted by molar-refractivity contribution is -0.114. The van der Waals surface area contributed by atoms with Crippen LogP contribution in [-0.2, 0) is 4.79 Å². The van der Waals surface area contributed by atoms with E-state index < -0.39 is 0 Å². The molecular weight excluding hydrogens is 326 g/mol. The second-order valence-corrected chi connectivity index (χ2v) is 6.42. The Bertz CT molecular complexity index is 1010. The van der Waals surface area contributed by atoms with Gasteiger partial charge in [-0.05, 0) is 42.8 Å². The molecule has 0 spiro atoms. The number of para-hydroxylation sites is 2. The van der Waals surface area contributed by atoms with Gasteiger partial charge in [-0.1, -0.05) is 24.3 Å². The summed E-state index contributed by atoms with van der Waals surface area (Å²) in [7, 11) is 3.99. The summed E-state index contributed by atoms with van der Waals surface area (Å²) in [4.78, 5) is 22.5. The Kier molecular flexibility index (Phi) is 3.80. The van der Waals surface area contributed by atoms with E-state index in [-0.39, 0.29) is 5.91 Å². The van der Waals surface area contributed by atoms with E-state index in [4.69, 9.17) is 0 Å². The van der Waals surface area contributed by atoms with Crippen molar-refractivity contribution in [3.05, 3.63) is 59.7 Å². The van der Waals surface area contributed by atoms with Gasteiger partial charge in [0.25, 0.3) is 5.91 Å². The van der Waals surface area contributed by atoms with E-state index in [2.05, 4.69) is 15.1 Å². The van der Waals surface area contributed by atoms with Crippen LogP contribution in [0, 0.1) is 0 Å². The zero-order valence-electron chi connectivity index (χ0n) is 14.9. The number of nitrogens with zero attached hydrogens (tertiary/aromatic N) is 4. The fourth-order valence-corrected chi connectivity index (χ4v) is 2.90. The third-order valence-electron chi connectivity index (χ3n) is 4.36. The topological polar surface area (TPSA) is 64.6 Å². The molecule has 0 saturated heterocycles. The lowest BCUT2D eigenvalue weighted by Crippen LogP contribution is -2.22. The maximum atomic E-state index is 12.8. The number of nitrogens with one attached hydrogen (secondary N) is 1. The van der Waals surface area contributed by atoms with Crippen molar-refractivity contribution in [1.29, 1.82) is 0 Å². The predicted molar refractivity (Wildman–Crippen MR) is 105 cm³/mol. The van der Waals surface area contributed by atoms with Crippen LogP contribution in [0.3, 0.4) is 0 Å². The Hall–Kier alpha value is -3.41. The standard InChI is InChI=1S/C20H19N5O/c1-13-16(12-14-8-10-15(11-9-14)24(2)3)19(26)25(23-13)20-21-17-6-4-5-7-18(17)22-20/h4-12H,1-3H3,(H,21,22). The van der Waals surface area contributed by atoms with Gasteiger partial charge in [0.1, 0.15) is 0 Å². The van der Waals surface area contributed by atoms with Crippen molar-refractivity contribution in [2.45, 2.75) is 6.92 Å². The summed E-state index contributed by atoms with van der Waals surface area (Å²) < 4.78 is 0. The normalized spacial score (nSPS) is 15.8. The summed E-state index contributed by atoms with van der Waals surface area (Å²) in [5, 5.41) is 5.72. The highest BCUT2D eigenvalue weighted by Crippen LogP contribution is 2.25. The van der Waals surface area contributed by atoms with Crippen molar-refractivity contribution in [3.63, 3.8) is 0 Å². The Labute approximate surface area is 151 Å². The van der Waals surface area contributed by atoms with Crippen LogP contribution >= 0.6 is 0 Å². The van der Waals surface area contributed by atoms with Crippen LogP contribution in [0.2, 0.25) is 0 Å². The third-order valence-corrected chi connectivity index (χ3v) is 4.36. The molecule has 4 rings (SSSR count). The molecule has 0 aliphatic carbocycles. The molecule has 2 heterocycles. The molecule has 6 nitrogen and oxygen atoms in total. The molecule has 0 unspecified atom stereocenters. The monoisotopic (exact) mass is 345 g/mol. The van der Waals surface area contributed by atoms with Crippen molar-refractivity contribution < 1.29 is 4.79 Å². The van der Waals surface area contributed by atoms with Gasteiger partial charge >= 0.3 is 0 Å². The van der Waals surface area contributed by atoms with E-state index in [0.29, 0.717) is 17.2 Å². The molecule has 2 aromatic carbocycles.